The molecule has 0 radical (unpaired) electrons. The molecular formula is C12H20N2O2S2. The van der Waals surface area contributed by atoms with E-state index in [1.54, 1.807) is 15.8 Å². The summed E-state index contributed by atoms with van der Waals surface area (Å²) in [6, 6.07) is 1.70. The maximum absolute atomic E-state index is 12.4. The molecule has 1 aliphatic heterocycles. The minimum Gasteiger partial charge on any atom is -0.326 e. The largest absolute Gasteiger partial charge is 0.326 e. The van der Waals surface area contributed by atoms with Gasteiger partial charge in [0, 0.05) is 29.9 Å². The quantitative estimate of drug-likeness (QED) is 0.901. The van der Waals surface area contributed by atoms with Crippen LogP contribution in [0.2, 0.25) is 0 Å². The highest BCUT2D eigenvalue weighted by Crippen LogP contribution is 2.28. The highest BCUT2D eigenvalue weighted by molar-refractivity contribution is 7.89. The minimum atomic E-state index is -3.29. The van der Waals surface area contributed by atoms with Gasteiger partial charge in [-0.1, -0.05) is 13.3 Å². The number of hydrogen-bond donors (Lipinski definition) is 1. The van der Waals surface area contributed by atoms with Crippen LogP contribution < -0.4 is 5.73 Å². The summed E-state index contributed by atoms with van der Waals surface area (Å²) in [5.74, 6) is 0.525. The maximum Gasteiger partial charge on any atom is 0.243 e. The Morgan fingerprint density at radius 3 is 2.94 bits per heavy atom. The van der Waals surface area contributed by atoms with Crippen molar-refractivity contribution in [2.75, 3.05) is 13.1 Å². The Labute approximate surface area is 113 Å². The molecule has 1 aliphatic rings. The third kappa shape index (κ3) is 2.77. The van der Waals surface area contributed by atoms with E-state index >= 15 is 0 Å². The molecule has 0 aromatic carbocycles. The summed E-state index contributed by atoms with van der Waals surface area (Å²) >= 11 is 1.42. The first-order chi connectivity index (χ1) is 8.57. The lowest BCUT2D eigenvalue weighted by Gasteiger charge is -2.15. The number of rotatable bonds is 5. The summed E-state index contributed by atoms with van der Waals surface area (Å²) in [7, 11) is -3.29. The van der Waals surface area contributed by atoms with E-state index in [0.29, 0.717) is 30.4 Å². The molecule has 2 rings (SSSR count). The van der Waals surface area contributed by atoms with Gasteiger partial charge in [-0.25, -0.2) is 8.42 Å². The van der Waals surface area contributed by atoms with Crippen molar-refractivity contribution in [3.8, 4) is 0 Å². The fraction of sp³-hybridized carbons (Fsp3) is 0.667. The van der Waals surface area contributed by atoms with E-state index in [4.69, 9.17) is 5.73 Å². The van der Waals surface area contributed by atoms with E-state index in [9.17, 15) is 8.42 Å². The van der Waals surface area contributed by atoms with Gasteiger partial charge in [0.25, 0.3) is 0 Å². The summed E-state index contributed by atoms with van der Waals surface area (Å²) in [4.78, 5) is 1.32. The van der Waals surface area contributed by atoms with Crippen molar-refractivity contribution in [2.24, 2.45) is 11.7 Å². The zero-order valence-corrected chi connectivity index (χ0v) is 12.3. The number of nitrogens with two attached hydrogens (primary N) is 1. The molecule has 2 N–H and O–H groups in total. The van der Waals surface area contributed by atoms with Gasteiger partial charge in [-0.2, -0.15) is 4.31 Å². The third-order valence-corrected chi connectivity index (χ3v) is 6.37. The fourth-order valence-corrected chi connectivity index (χ4v) is 5.09. The molecule has 0 saturated carbocycles. The molecule has 18 heavy (non-hydrogen) atoms. The molecule has 0 amide bonds. The maximum atomic E-state index is 12.4. The summed E-state index contributed by atoms with van der Waals surface area (Å²) in [5.41, 5.74) is 5.52. The van der Waals surface area contributed by atoms with Gasteiger partial charge in [0.05, 0.1) is 4.90 Å². The second kappa shape index (κ2) is 5.69. The molecule has 6 heteroatoms. The molecule has 1 aromatic rings. The van der Waals surface area contributed by atoms with Crippen molar-refractivity contribution in [1.29, 1.82) is 0 Å². The van der Waals surface area contributed by atoms with Crippen LogP contribution in [-0.2, 0) is 16.6 Å². The van der Waals surface area contributed by atoms with Crippen LogP contribution >= 0.6 is 11.3 Å². The zero-order valence-electron chi connectivity index (χ0n) is 10.6. The number of hydrogen-bond acceptors (Lipinski definition) is 4. The van der Waals surface area contributed by atoms with E-state index in [2.05, 4.69) is 6.92 Å². The highest BCUT2D eigenvalue weighted by atomic mass is 32.2. The second-order valence-corrected chi connectivity index (χ2v) is 7.69. The minimum absolute atomic E-state index is 0.401. The van der Waals surface area contributed by atoms with Crippen LogP contribution in [0.25, 0.3) is 0 Å². The van der Waals surface area contributed by atoms with Crippen molar-refractivity contribution in [2.45, 2.75) is 37.6 Å². The molecule has 102 valence electrons. The van der Waals surface area contributed by atoms with Gasteiger partial charge in [0.1, 0.15) is 0 Å². The average molecular weight is 288 g/mol. The van der Waals surface area contributed by atoms with Gasteiger partial charge in [0.2, 0.25) is 10.0 Å². The van der Waals surface area contributed by atoms with Crippen LogP contribution in [0.5, 0.6) is 0 Å². The molecule has 1 unspecified atom stereocenters. The van der Waals surface area contributed by atoms with Crippen molar-refractivity contribution in [3.63, 3.8) is 0 Å². The Kier molecular flexibility index (Phi) is 4.42. The third-order valence-electron chi connectivity index (χ3n) is 3.41. The normalized spacial score (nSPS) is 21.6. The smallest absolute Gasteiger partial charge is 0.243 e. The molecule has 1 saturated heterocycles. The predicted octanol–water partition coefficient (Wildman–Crippen LogP) is 2.02. The summed E-state index contributed by atoms with van der Waals surface area (Å²) in [6.07, 6.45) is 3.22. The number of thiophene rings is 1. The average Bonchev–Trinajstić information content (AvgIpc) is 2.98. The molecule has 2 heterocycles. The summed E-state index contributed by atoms with van der Waals surface area (Å²) < 4.78 is 26.4. The first-order valence-electron chi connectivity index (χ1n) is 6.35. The fourth-order valence-electron chi connectivity index (χ4n) is 2.41. The van der Waals surface area contributed by atoms with Crippen LogP contribution in [0.1, 0.15) is 31.1 Å². The number of nitrogens with zero attached hydrogens (tertiary/aromatic N) is 1. The molecule has 4 nitrogen and oxygen atoms in total. The molecule has 0 bridgehead atoms. The van der Waals surface area contributed by atoms with Gasteiger partial charge in [-0.05, 0) is 24.8 Å². The Balaban J connectivity index is 2.12. The van der Waals surface area contributed by atoms with E-state index < -0.39 is 10.0 Å². The zero-order chi connectivity index (χ0) is 13.2. The molecule has 1 aromatic heterocycles. The highest BCUT2D eigenvalue weighted by Gasteiger charge is 2.32. The lowest BCUT2D eigenvalue weighted by Crippen LogP contribution is -2.28. The van der Waals surface area contributed by atoms with Crippen molar-refractivity contribution in [3.05, 3.63) is 16.3 Å². The molecule has 0 aliphatic carbocycles. The lowest BCUT2D eigenvalue weighted by atomic mass is 10.0. The predicted molar refractivity (Wildman–Crippen MR) is 74.0 cm³/mol. The second-order valence-electron chi connectivity index (χ2n) is 4.76. The SMILES string of the molecule is CCCC1CCN(S(=O)(=O)c2csc(CN)c2)C1. The van der Waals surface area contributed by atoms with E-state index in [1.807, 2.05) is 0 Å². The van der Waals surface area contributed by atoms with Gasteiger partial charge in [0.15, 0.2) is 0 Å². The molecule has 1 atom stereocenters. The van der Waals surface area contributed by atoms with Gasteiger partial charge in [-0.3, -0.25) is 0 Å². The Morgan fingerprint density at radius 1 is 1.56 bits per heavy atom. The van der Waals surface area contributed by atoms with Crippen molar-refractivity contribution >= 4 is 21.4 Å². The first-order valence-corrected chi connectivity index (χ1v) is 8.67. The van der Waals surface area contributed by atoms with Gasteiger partial charge in [-0.15, -0.1) is 11.3 Å². The van der Waals surface area contributed by atoms with Crippen LogP contribution in [0.4, 0.5) is 0 Å². The van der Waals surface area contributed by atoms with Crippen molar-refractivity contribution in [1.82, 2.24) is 4.31 Å². The van der Waals surface area contributed by atoms with E-state index in [0.717, 1.165) is 24.1 Å². The van der Waals surface area contributed by atoms with E-state index in [-0.39, 0.29) is 0 Å². The number of sulfonamides is 1. The Hall–Kier alpha value is -0.430. The summed E-state index contributed by atoms with van der Waals surface area (Å²) in [6.45, 7) is 3.87. The van der Waals surface area contributed by atoms with E-state index in [1.165, 1.54) is 11.3 Å². The monoisotopic (exact) mass is 288 g/mol. The van der Waals surface area contributed by atoms with Gasteiger partial charge < -0.3 is 5.73 Å². The van der Waals surface area contributed by atoms with Gasteiger partial charge >= 0.3 is 0 Å². The van der Waals surface area contributed by atoms with Crippen LogP contribution in [0.3, 0.4) is 0 Å². The Bertz CT molecular complexity index is 496. The van der Waals surface area contributed by atoms with Crippen LogP contribution in [0, 0.1) is 5.92 Å². The lowest BCUT2D eigenvalue weighted by molar-refractivity contribution is 0.445. The molecule has 0 spiro atoms. The van der Waals surface area contributed by atoms with Crippen LogP contribution in [-0.4, -0.2) is 25.8 Å². The topological polar surface area (TPSA) is 63.4 Å². The standard InChI is InChI=1S/C12H20N2O2S2/c1-2-3-10-4-5-14(8-10)18(15,16)12-6-11(7-13)17-9-12/h6,9-10H,2-5,7-8,13H2,1H3. The Morgan fingerprint density at radius 2 is 2.33 bits per heavy atom. The first kappa shape index (κ1) is 14.0. The molecule has 1 fully saturated rings. The van der Waals surface area contributed by atoms with Crippen molar-refractivity contribution < 1.29 is 8.42 Å². The summed E-state index contributed by atoms with van der Waals surface area (Å²) in [5, 5.41) is 1.70. The van der Waals surface area contributed by atoms with Crippen LogP contribution in [0.15, 0.2) is 16.3 Å². The molecular weight excluding hydrogens is 268 g/mol.